The van der Waals surface area contributed by atoms with Crippen LogP contribution in [0.5, 0.6) is 0 Å². The molecule has 0 atom stereocenters. The van der Waals surface area contributed by atoms with Crippen molar-refractivity contribution < 1.29 is 14.7 Å². The Kier molecular flexibility index (Phi) is 4.13. The summed E-state index contributed by atoms with van der Waals surface area (Å²) in [4.78, 5) is 23.6. The van der Waals surface area contributed by atoms with Gasteiger partial charge in [-0.15, -0.1) is 0 Å². The minimum Gasteiger partial charge on any atom is -0.481 e. The molecule has 0 bridgehead atoms. The molecule has 1 aliphatic heterocycles. The number of piperidine rings is 1. The van der Waals surface area contributed by atoms with Crippen molar-refractivity contribution in [2.24, 2.45) is 5.41 Å². The van der Waals surface area contributed by atoms with Gasteiger partial charge in [-0.05, 0) is 51.6 Å². The van der Waals surface area contributed by atoms with Gasteiger partial charge in [0.05, 0.1) is 17.4 Å². The zero-order valence-corrected chi connectivity index (χ0v) is 11.6. The summed E-state index contributed by atoms with van der Waals surface area (Å²) in [5, 5.41) is 15.4. The van der Waals surface area contributed by atoms with E-state index in [2.05, 4.69) is 17.6 Å². The van der Waals surface area contributed by atoms with Crippen molar-refractivity contribution in [1.82, 2.24) is 10.6 Å². The first-order valence-corrected chi connectivity index (χ1v) is 7.27. The highest BCUT2D eigenvalue weighted by molar-refractivity contribution is 5.84. The van der Waals surface area contributed by atoms with Gasteiger partial charge in [0.25, 0.3) is 0 Å². The van der Waals surface area contributed by atoms with E-state index in [1.165, 1.54) is 0 Å². The van der Waals surface area contributed by atoms with Crippen molar-refractivity contribution in [1.29, 1.82) is 0 Å². The Morgan fingerprint density at radius 1 is 1.21 bits per heavy atom. The number of carbonyl (C=O) groups excluding carboxylic acids is 1. The standard InChI is InChI=1S/C14H24N2O3/c1-2-13(6-8-15-9-7-13)12(19)16-14(4-3-5-14)10-11(17)18/h15H,2-10H2,1H3,(H,16,19)(H,17,18). The van der Waals surface area contributed by atoms with Crippen LogP contribution in [0.4, 0.5) is 0 Å². The third-order valence-corrected chi connectivity index (χ3v) is 4.90. The lowest BCUT2D eigenvalue weighted by Gasteiger charge is -2.45. The molecule has 0 aromatic heterocycles. The topological polar surface area (TPSA) is 78.4 Å². The second-order valence-electron chi connectivity index (χ2n) is 6.04. The van der Waals surface area contributed by atoms with Crippen molar-refractivity contribution in [3.63, 3.8) is 0 Å². The van der Waals surface area contributed by atoms with Crippen LogP contribution in [-0.4, -0.2) is 35.6 Å². The largest absolute Gasteiger partial charge is 0.481 e. The van der Waals surface area contributed by atoms with E-state index in [1.54, 1.807) is 0 Å². The molecule has 0 spiro atoms. The van der Waals surface area contributed by atoms with Gasteiger partial charge in [0.2, 0.25) is 5.91 Å². The molecule has 3 N–H and O–H groups in total. The third kappa shape index (κ3) is 2.91. The number of hydrogen-bond donors (Lipinski definition) is 3. The van der Waals surface area contributed by atoms with Crippen LogP contribution in [0.2, 0.25) is 0 Å². The predicted molar refractivity (Wildman–Crippen MR) is 71.8 cm³/mol. The summed E-state index contributed by atoms with van der Waals surface area (Å²) in [5.41, 5.74) is -0.775. The van der Waals surface area contributed by atoms with E-state index in [9.17, 15) is 9.59 Å². The number of aliphatic carboxylic acids is 1. The molecule has 5 nitrogen and oxygen atoms in total. The minimum atomic E-state index is -0.823. The number of carbonyl (C=O) groups is 2. The number of amides is 1. The highest BCUT2D eigenvalue weighted by atomic mass is 16.4. The molecule has 1 saturated heterocycles. The fourth-order valence-corrected chi connectivity index (χ4v) is 3.26. The van der Waals surface area contributed by atoms with Gasteiger partial charge in [-0.2, -0.15) is 0 Å². The van der Waals surface area contributed by atoms with E-state index in [4.69, 9.17) is 5.11 Å². The van der Waals surface area contributed by atoms with Crippen molar-refractivity contribution in [2.45, 2.75) is 57.4 Å². The number of rotatable bonds is 5. The monoisotopic (exact) mass is 268 g/mol. The number of hydrogen-bond acceptors (Lipinski definition) is 3. The second-order valence-corrected chi connectivity index (χ2v) is 6.04. The van der Waals surface area contributed by atoms with Gasteiger partial charge < -0.3 is 15.7 Å². The normalized spacial score (nSPS) is 24.3. The highest BCUT2D eigenvalue weighted by Gasteiger charge is 2.45. The van der Waals surface area contributed by atoms with E-state index < -0.39 is 11.5 Å². The summed E-state index contributed by atoms with van der Waals surface area (Å²) in [6.45, 7) is 3.79. The molecule has 2 aliphatic rings. The Morgan fingerprint density at radius 3 is 2.26 bits per heavy atom. The lowest BCUT2D eigenvalue weighted by atomic mass is 9.71. The Morgan fingerprint density at radius 2 is 1.84 bits per heavy atom. The van der Waals surface area contributed by atoms with E-state index in [0.29, 0.717) is 0 Å². The van der Waals surface area contributed by atoms with Crippen molar-refractivity contribution >= 4 is 11.9 Å². The summed E-state index contributed by atoms with van der Waals surface area (Å²) >= 11 is 0. The van der Waals surface area contributed by atoms with Crippen molar-refractivity contribution in [2.75, 3.05) is 13.1 Å². The predicted octanol–water partition coefficient (Wildman–Crippen LogP) is 1.28. The number of carboxylic acid groups (broad SMARTS) is 1. The van der Waals surface area contributed by atoms with Gasteiger partial charge in [-0.3, -0.25) is 9.59 Å². The highest BCUT2D eigenvalue weighted by Crippen LogP contribution is 2.38. The van der Waals surface area contributed by atoms with E-state index in [-0.39, 0.29) is 17.7 Å². The van der Waals surface area contributed by atoms with Crippen LogP contribution >= 0.6 is 0 Å². The fraction of sp³-hybridized carbons (Fsp3) is 0.857. The molecule has 1 amide bonds. The quantitative estimate of drug-likeness (QED) is 0.702. The smallest absolute Gasteiger partial charge is 0.305 e. The zero-order valence-electron chi connectivity index (χ0n) is 11.6. The minimum absolute atomic E-state index is 0.0524. The molecule has 1 heterocycles. The molecule has 0 aromatic carbocycles. The second kappa shape index (κ2) is 5.49. The van der Waals surface area contributed by atoms with Crippen LogP contribution in [0.1, 0.15) is 51.9 Å². The first-order chi connectivity index (χ1) is 9.02. The van der Waals surface area contributed by atoms with Gasteiger partial charge in [-0.1, -0.05) is 6.92 Å². The molecule has 0 radical (unpaired) electrons. The van der Waals surface area contributed by atoms with Crippen LogP contribution in [0.25, 0.3) is 0 Å². The Labute approximate surface area is 114 Å². The molecular formula is C14H24N2O3. The third-order valence-electron chi connectivity index (χ3n) is 4.90. The molecule has 0 aromatic rings. The first-order valence-electron chi connectivity index (χ1n) is 7.27. The maximum atomic E-state index is 12.6. The maximum Gasteiger partial charge on any atom is 0.305 e. The van der Waals surface area contributed by atoms with Crippen LogP contribution in [0.15, 0.2) is 0 Å². The number of carboxylic acids is 1. The van der Waals surface area contributed by atoms with Gasteiger partial charge in [0, 0.05) is 0 Å². The summed E-state index contributed by atoms with van der Waals surface area (Å²) < 4.78 is 0. The molecule has 1 saturated carbocycles. The molecule has 2 rings (SSSR count). The van der Waals surface area contributed by atoms with E-state index >= 15 is 0 Å². The zero-order chi connectivity index (χ0) is 13.9. The summed E-state index contributed by atoms with van der Waals surface area (Å²) in [5.74, 6) is -0.756. The van der Waals surface area contributed by atoms with Crippen LogP contribution < -0.4 is 10.6 Å². The average Bonchev–Trinajstić information content (AvgIpc) is 2.36. The summed E-state index contributed by atoms with van der Waals surface area (Å²) in [6, 6.07) is 0. The Balaban J connectivity index is 2.04. The number of nitrogens with one attached hydrogen (secondary N) is 2. The Hall–Kier alpha value is -1.10. The molecule has 0 unspecified atom stereocenters. The summed E-state index contributed by atoms with van der Waals surface area (Å²) in [6.07, 6.45) is 5.16. The van der Waals surface area contributed by atoms with Crippen LogP contribution in [0, 0.1) is 5.41 Å². The molecule has 5 heteroatoms. The van der Waals surface area contributed by atoms with Gasteiger partial charge in [0.1, 0.15) is 0 Å². The summed E-state index contributed by atoms with van der Waals surface area (Å²) in [7, 11) is 0. The lowest BCUT2D eigenvalue weighted by Crippen LogP contribution is -2.59. The maximum absolute atomic E-state index is 12.6. The van der Waals surface area contributed by atoms with Gasteiger partial charge >= 0.3 is 5.97 Å². The van der Waals surface area contributed by atoms with Crippen LogP contribution in [-0.2, 0) is 9.59 Å². The molecule has 1 aliphatic carbocycles. The molecule has 108 valence electrons. The van der Waals surface area contributed by atoms with E-state index in [0.717, 1.165) is 51.6 Å². The molecular weight excluding hydrogens is 244 g/mol. The fourth-order valence-electron chi connectivity index (χ4n) is 3.26. The Bertz CT molecular complexity index is 358. The first kappa shape index (κ1) is 14.3. The van der Waals surface area contributed by atoms with Crippen LogP contribution in [0.3, 0.4) is 0 Å². The van der Waals surface area contributed by atoms with E-state index in [1.807, 2.05) is 0 Å². The van der Waals surface area contributed by atoms with Gasteiger partial charge in [-0.25, -0.2) is 0 Å². The molecule has 19 heavy (non-hydrogen) atoms. The SMILES string of the molecule is CCC1(C(=O)NC2(CC(=O)O)CCC2)CCNCC1. The van der Waals surface area contributed by atoms with Gasteiger partial charge in [0.15, 0.2) is 0 Å². The van der Waals surface area contributed by atoms with Crippen molar-refractivity contribution in [3.05, 3.63) is 0 Å². The molecule has 2 fully saturated rings. The lowest BCUT2D eigenvalue weighted by molar-refractivity contribution is -0.142. The average molecular weight is 268 g/mol. The van der Waals surface area contributed by atoms with Crippen molar-refractivity contribution in [3.8, 4) is 0 Å².